The van der Waals surface area contributed by atoms with Gasteiger partial charge in [-0.1, -0.05) is 35.3 Å². The standard InChI is InChI=1S/C25H25Cl2N3O3/c1-29(16-19-5-4-14-33-19)25(32)21-6-2-3-7-23(21)30-12-10-18(11-13-30)28-24(31)20-9-8-17(26)15-22(20)27/h2-9,14-15,18H,10-13,16H2,1H3,(H,28,31). The molecule has 1 aliphatic rings. The Morgan fingerprint density at radius 1 is 1.06 bits per heavy atom. The molecule has 1 N–H and O–H groups in total. The van der Waals surface area contributed by atoms with Crippen LogP contribution in [0.4, 0.5) is 5.69 Å². The number of para-hydroxylation sites is 1. The molecule has 6 nitrogen and oxygen atoms in total. The number of hydrogen-bond donors (Lipinski definition) is 1. The molecular formula is C25H25Cl2N3O3. The second kappa shape index (κ2) is 10.3. The van der Waals surface area contributed by atoms with E-state index in [4.69, 9.17) is 27.6 Å². The number of rotatable bonds is 6. The first-order valence-corrected chi connectivity index (χ1v) is 11.6. The molecule has 0 aliphatic carbocycles. The van der Waals surface area contributed by atoms with Gasteiger partial charge in [0.2, 0.25) is 0 Å². The zero-order valence-electron chi connectivity index (χ0n) is 18.3. The topological polar surface area (TPSA) is 65.8 Å². The van der Waals surface area contributed by atoms with E-state index in [1.54, 1.807) is 36.4 Å². The van der Waals surface area contributed by atoms with Gasteiger partial charge in [-0.2, -0.15) is 0 Å². The van der Waals surface area contributed by atoms with Crippen molar-refractivity contribution in [3.63, 3.8) is 0 Å². The van der Waals surface area contributed by atoms with Gasteiger partial charge in [-0.15, -0.1) is 0 Å². The molecule has 1 saturated heterocycles. The Bertz CT molecular complexity index is 1130. The molecule has 0 saturated carbocycles. The highest BCUT2D eigenvalue weighted by molar-refractivity contribution is 6.36. The monoisotopic (exact) mass is 485 g/mol. The van der Waals surface area contributed by atoms with Gasteiger partial charge in [0, 0.05) is 36.9 Å². The molecule has 0 radical (unpaired) electrons. The predicted molar refractivity (Wildman–Crippen MR) is 130 cm³/mol. The molecule has 4 rings (SSSR count). The van der Waals surface area contributed by atoms with E-state index in [1.165, 1.54) is 0 Å². The number of hydrogen-bond acceptors (Lipinski definition) is 4. The smallest absolute Gasteiger partial charge is 0.256 e. The van der Waals surface area contributed by atoms with E-state index >= 15 is 0 Å². The van der Waals surface area contributed by atoms with E-state index in [2.05, 4.69) is 10.2 Å². The van der Waals surface area contributed by atoms with Crippen LogP contribution in [-0.2, 0) is 6.54 Å². The number of nitrogens with zero attached hydrogens (tertiary/aromatic N) is 2. The SMILES string of the molecule is CN(Cc1ccco1)C(=O)c1ccccc1N1CCC(NC(=O)c2ccc(Cl)cc2Cl)CC1. The maximum Gasteiger partial charge on any atom is 0.256 e. The van der Waals surface area contributed by atoms with E-state index < -0.39 is 0 Å². The quantitative estimate of drug-likeness (QED) is 0.517. The minimum atomic E-state index is -0.203. The first-order valence-electron chi connectivity index (χ1n) is 10.8. The lowest BCUT2D eigenvalue weighted by Gasteiger charge is -2.35. The van der Waals surface area contributed by atoms with Crippen molar-refractivity contribution in [2.45, 2.75) is 25.4 Å². The van der Waals surface area contributed by atoms with Crippen molar-refractivity contribution in [2.75, 3.05) is 25.0 Å². The van der Waals surface area contributed by atoms with Gasteiger partial charge in [-0.25, -0.2) is 0 Å². The average molecular weight is 486 g/mol. The van der Waals surface area contributed by atoms with Gasteiger partial charge in [0.1, 0.15) is 5.76 Å². The zero-order chi connectivity index (χ0) is 23.4. The fraction of sp³-hybridized carbons (Fsp3) is 0.280. The van der Waals surface area contributed by atoms with Gasteiger partial charge in [-0.3, -0.25) is 9.59 Å². The van der Waals surface area contributed by atoms with E-state index in [-0.39, 0.29) is 17.9 Å². The predicted octanol–water partition coefficient (Wildman–Crippen LogP) is 5.26. The van der Waals surface area contributed by atoms with Crippen molar-refractivity contribution in [1.82, 2.24) is 10.2 Å². The highest BCUT2D eigenvalue weighted by Gasteiger charge is 2.25. The first-order chi connectivity index (χ1) is 15.9. The summed E-state index contributed by atoms with van der Waals surface area (Å²) in [6, 6.07) is 16.2. The summed E-state index contributed by atoms with van der Waals surface area (Å²) in [5.74, 6) is 0.473. The van der Waals surface area contributed by atoms with Crippen LogP contribution >= 0.6 is 23.2 Å². The molecule has 0 spiro atoms. The molecule has 0 atom stereocenters. The Labute approximate surface area is 203 Å². The lowest BCUT2D eigenvalue weighted by molar-refractivity contribution is 0.0776. The lowest BCUT2D eigenvalue weighted by atomic mass is 10.0. The van der Waals surface area contributed by atoms with E-state index in [1.807, 2.05) is 36.4 Å². The summed E-state index contributed by atoms with van der Waals surface area (Å²) in [5, 5.41) is 3.90. The molecular weight excluding hydrogens is 461 g/mol. The van der Waals surface area contributed by atoms with E-state index in [0.29, 0.717) is 27.7 Å². The Hall–Kier alpha value is -2.96. The van der Waals surface area contributed by atoms with Gasteiger partial charge >= 0.3 is 0 Å². The first kappa shape index (κ1) is 23.2. The molecule has 1 aromatic heterocycles. The Balaban J connectivity index is 1.39. The number of furan rings is 1. The third kappa shape index (κ3) is 5.52. The number of nitrogens with one attached hydrogen (secondary N) is 1. The number of amides is 2. The van der Waals surface area contributed by atoms with Crippen molar-refractivity contribution in [1.29, 1.82) is 0 Å². The average Bonchev–Trinajstić information content (AvgIpc) is 3.32. The molecule has 8 heteroatoms. The van der Waals surface area contributed by atoms with Crippen LogP contribution in [0.2, 0.25) is 10.0 Å². The van der Waals surface area contributed by atoms with Crippen LogP contribution in [-0.4, -0.2) is 42.9 Å². The normalized spacial score (nSPS) is 14.2. The Kier molecular flexibility index (Phi) is 7.26. The number of carbonyl (C=O) groups is 2. The molecule has 2 aromatic carbocycles. The number of carbonyl (C=O) groups excluding carboxylic acids is 2. The van der Waals surface area contributed by atoms with Crippen LogP contribution in [0.5, 0.6) is 0 Å². The second-order valence-corrected chi connectivity index (χ2v) is 8.96. The third-order valence-corrected chi connectivity index (χ3v) is 6.35. The second-order valence-electron chi connectivity index (χ2n) is 8.12. The maximum absolute atomic E-state index is 13.1. The summed E-state index contributed by atoms with van der Waals surface area (Å²) in [6.07, 6.45) is 3.13. The highest BCUT2D eigenvalue weighted by Crippen LogP contribution is 2.26. The van der Waals surface area contributed by atoms with Gasteiger partial charge < -0.3 is 19.5 Å². The molecule has 2 amide bonds. The van der Waals surface area contributed by atoms with Crippen molar-refractivity contribution >= 4 is 40.7 Å². The largest absolute Gasteiger partial charge is 0.467 e. The van der Waals surface area contributed by atoms with Crippen LogP contribution in [0.15, 0.2) is 65.3 Å². The molecule has 33 heavy (non-hydrogen) atoms. The molecule has 172 valence electrons. The molecule has 1 fully saturated rings. The van der Waals surface area contributed by atoms with Crippen LogP contribution in [0.1, 0.15) is 39.3 Å². The van der Waals surface area contributed by atoms with Crippen molar-refractivity contribution < 1.29 is 14.0 Å². The fourth-order valence-corrected chi connectivity index (χ4v) is 4.54. The fourth-order valence-electron chi connectivity index (χ4n) is 4.05. The highest BCUT2D eigenvalue weighted by atomic mass is 35.5. The summed E-state index contributed by atoms with van der Waals surface area (Å²) in [7, 11) is 1.77. The zero-order valence-corrected chi connectivity index (χ0v) is 19.8. The minimum Gasteiger partial charge on any atom is -0.467 e. The number of piperidine rings is 1. The molecule has 3 aromatic rings. The number of halogens is 2. The summed E-state index contributed by atoms with van der Waals surface area (Å²) in [6.45, 7) is 1.86. The van der Waals surface area contributed by atoms with Gasteiger partial charge in [0.15, 0.2) is 0 Å². The van der Waals surface area contributed by atoms with Crippen LogP contribution in [0.3, 0.4) is 0 Å². The van der Waals surface area contributed by atoms with Crippen LogP contribution in [0.25, 0.3) is 0 Å². The maximum atomic E-state index is 13.1. The molecule has 0 bridgehead atoms. The number of anilines is 1. The molecule has 0 unspecified atom stereocenters. The summed E-state index contributed by atoms with van der Waals surface area (Å²) < 4.78 is 5.37. The van der Waals surface area contributed by atoms with Crippen LogP contribution < -0.4 is 10.2 Å². The van der Waals surface area contributed by atoms with Crippen molar-refractivity contribution in [2.24, 2.45) is 0 Å². The van der Waals surface area contributed by atoms with Gasteiger partial charge in [-0.05, 0) is 55.3 Å². The van der Waals surface area contributed by atoms with E-state index in [9.17, 15) is 9.59 Å². The van der Waals surface area contributed by atoms with Crippen LogP contribution in [0, 0.1) is 0 Å². The third-order valence-electron chi connectivity index (χ3n) is 5.80. The van der Waals surface area contributed by atoms with Gasteiger partial charge in [0.25, 0.3) is 11.8 Å². The van der Waals surface area contributed by atoms with Crippen molar-refractivity contribution in [3.05, 3.63) is 87.8 Å². The molecule has 2 heterocycles. The summed E-state index contributed by atoms with van der Waals surface area (Å²) in [5.41, 5.74) is 1.97. The molecule has 1 aliphatic heterocycles. The number of benzene rings is 2. The van der Waals surface area contributed by atoms with Gasteiger partial charge in [0.05, 0.1) is 29.0 Å². The van der Waals surface area contributed by atoms with Crippen molar-refractivity contribution in [3.8, 4) is 0 Å². The summed E-state index contributed by atoms with van der Waals surface area (Å²) >= 11 is 12.1. The Morgan fingerprint density at radius 3 is 2.52 bits per heavy atom. The minimum absolute atomic E-state index is 0.0324. The Morgan fingerprint density at radius 2 is 1.82 bits per heavy atom. The van der Waals surface area contributed by atoms with E-state index in [0.717, 1.165) is 37.4 Å². The summed E-state index contributed by atoms with van der Waals surface area (Å²) in [4.78, 5) is 29.6. The lowest BCUT2D eigenvalue weighted by Crippen LogP contribution is -2.45.